The molecule has 2 N–H and O–H groups in total. The Morgan fingerprint density at radius 2 is 2.07 bits per heavy atom. The van der Waals surface area contributed by atoms with Crippen LogP contribution < -0.4 is 10.6 Å². The third-order valence-corrected chi connectivity index (χ3v) is 5.26. The second-order valence-corrected chi connectivity index (χ2v) is 7.97. The lowest BCUT2D eigenvalue weighted by atomic mass is 10.2. The molecule has 1 unspecified atom stereocenters. The Morgan fingerprint density at radius 3 is 2.70 bits per heavy atom. The van der Waals surface area contributed by atoms with Crippen LogP contribution in [-0.2, 0) is 30.4 Å². The van der Waals surface area contributed by atoms with Crippen LogP contribution in [0.25, 0.3) is 0 Å². The number of nitrogens with one attached hydrogen (secondary N) is 2. The van der Waals surface area contributed by atoms with Gasteiger partial charge in [-0.3, -0.25) is 9.59 Å². The van der Waals surface area contributed by atoms with Crippen molar-refractivity contribution in [3.63, 3.8) is 0 Å². The Kier molecular flexibility index (Phi) is 6.41. The van der Waals surface area contributed by atoms with Crippen molar-refractivity contribution in [2.45, 2.75) is 18.6 Å². The van der Waals surface area contributed by atoms with E-state index in [1.807, 2.05) is 0 Å². The molecule has 12 heteroatoms. The highest BCUT2D eigenvalue weighted by atomic mass is 32.2. The van der Waals surface area contributed by atoms with Crippen molar-refractivity contribution in [1.82, 2.24) is 5.32 Å². The maximum atomic E-state index is 12.6. The molecule has 1 atom stereocenters. The minimum Gasteiger partial charge on any atom is -0.386 e. The zero-order valence-corrected chi connectivity index (χ0v) is 14.6. The van der Waals surface area contributed by atoms with Crippen molar-refractivity contribution in [2.24, 2.45) is 5.16 Å². The molecule has 0 aromatic heterocycles. The Balaban J connectivity index is 1.75. The molecule has 8 nitrogen and oxygen atoms in total. The summed E-state index contributed by atoms with van der Waals surface area (Å²) >= 11 is 0. The van der Waals surface area contributed by atoms with Crippen molar-refractivity contribution < 1.29 is 36.0 Å². The van der Waals surface area contributed by atoms with E-state index in [-0.39, 0.29) is 17.2 Å². The van der Waals surface area contributed by atoms with E-state index in [0.717, 1.165) is 18.2 Å². The number of halogens is 3. The molecule has 148 valence electrons. The highest BCUT2D eigenvalue weighted by Gasteiger charge is 2.30. The van der Waals surface area contributed by atoms with E-state index in [1.165, 1.54) is 6.07 Å². The summed E-state index contributed by atoms with van der Waals surface area (Å²) in [5, 5.41) is 7.88. The van der Waals surface area contributed by atoms with Crippen LogP contribution in [0.15, 0.2) is 29.4 Å². The zero-order chi connectivity index (χ0) is 20.1. The summed E-state index contributed by atoms with van der Waals surface area (Å²) in [6, 6.07) is 3.54. The van der Waals surface area contributed by atoms with Gasteiger partial charge in [0.25, 0.3) is 11.8 Å². The van der Waals surface area contributed by atoms with Gasteiger partial charge in [0.05, 0.1) is 17.1 Å². The summed E-state index contributed by atoms with van der Waals surface area (Å²) < 4.78 is 60.3. The van der Waals surface area contributed by atoms with Gasteiger partial charge in [-0.25, -0.2) is 8.42 Å². The van der Waals surface area contributed by atoms with Gasteiger partial charge in [0.1, 0.15) is 6.21 Å². The number of alkyl halides is 3. The van der Waals surface area contributed by atoms with Crippen molar-refractivity contribution >= 4 is 33.6 Å². The first kappa shape index (κ1) is 20.7. The van der Waals surface area contributed by atoms with Gasteiger partial charge in [0, 0.05) is 11.7 Å². The molecule has 27 heavy (non-hydrogen) atoms. The fourth-order valence-corrected chi connectivity index (χ4v) is 3.98. The van der Waals surface area contributed by atoms with Gasteiger partial charge in [0.2, 0.25) is 0 Å². The van der Waals surface area contributed by atoms with Gasteiger partial charge in [0.15, 0.2) is 16.4 Å². The maximum Gasteiger partial charge on any atom is 0.416 e. The molecule has 1 heterocycles. The second kappa shape index (κ2) is 8.37. The SMILES string of the molecule is O=C(/C=N/OCC(=O)NC1CCS(=O)(=O)C1)Nc1cccc(C(F)(F)F)c1. The summed E-state index contributed by atoms with van der Waals surface area (Å²) in [4.78, 5) is 27.8. The lowest BCUT2D eigenvalue weighted by Crippen LogP contribution is -2.37. The number of nitrogens with zero attached hydrogens (tertiary/aromatic N) is 1. The number of hydrogen-bond acceptors (Lipinski definition) is 6. The number of oxime groups is 1. The molecule has 1 aromatic carbocycles. The molecule has 2 amide bonds. The summed E-state index contributed by atoms with van der Waals surface area (Å²) in [5.41, 5.74) is -0.999. The largest absolute Gasteiger partial charge is 0.416 e. The summed E-state index contributed by atoms with van der Waals surface area (Å²) in [7, 11) is -3.13. The first-order valence-electron chi connectivity index (χ1n) is 7.68. The van der Waals surface area contributed by atoms with E-state index in [1.54, 1.807) is 0 Å². The van der Waals surface area contributed by atoms with E-state index in [9.17, 15) is 31.2 Å². The number of benzene rings is 1. The average molecular weight is 407 g/mol. The Bertz CT molecular complexity index is 839. The molecule has 0 bridgehead atoms. The van der Waals surface area contributed by atoms with Gasteiger partial charge < -0.3 is 15.5 Å². The Labute approximate surface area is 152 Å². The van der Waals surface area contributed by atoms with E-state index < -0.39 is 46.0 Å². The van der Waals surface area contributed by atoms with Crippen molar-refractivity contribution in [2.75, 3.05) is 23.4 Å². The molecule has 0 spiro atoms. The smallest absolute Gasteiger partial charge is 0.386 e. The van der Waals surface area contributed by atoms with Crippen LogP contribution in [0.5, 0.6) is 0 Å². The molecule has 0 aliphatic carbocycles. The molecule has 0 saturated carbocycles. The van der Waals surface area contributed by atoms with Crippen molar-refractivity contribution in [3.8, 4) is 0 Å². The van der Waals surface area contributed by atoms with Crippen LogP contribution in [0.1, 0.15) is 12.0 Å². The number of hydrogen-bond donors (Lipinski definition) is 2. The molecule has 2 rings (SSSR count). The standard InChI is InChI=1S/C15H16F3N3O5S/c16-15(17,18)10-2-1-3-11(6-10)20-13(22)7-19-26-8-14(23)21-12-4-5-27(24,25)9-12/h1-3,6-7,12H,4-5,8-9H2,(H,20,22)(H,21,23)/b19-7+. The number of sulfone groups is 1. The van der Waals surface area contributed by atoms with E-state index in [4.69, 9.17) is 0 Å². The first-order valence-corrected chi connectivity index (χ1v) is 9.51. The molecule has 0 radical (unpaired) electrons. The number of carbonyl (C=O) groups is 2. The minimum atomic E-state index is -4.54. The normalized spacial score (nSPS) is 19.0. The van der Waals surface area contributed by atoms with Gasteiger partial charge in [-0.05, 0) is 24.6 Å². The topological polar surface area (TPSA) is 114 Å². The summed E-state index contributed by atoms with van der Waals surface area (Å²) in [6.07, 6.45) is -3.56. The highest BCUT2D eigenvalue weighted by molar-refractivity contribution is 7.91. The first-order chi connectivity index (χ1) is 12.5. The molecular weight excluding hydrogens is 391 g/mol. The monoisotopic (exact) mass is 407 g/mol. The average Bonchev–Trinajstić information content (AvgIpc) is 2.89. The molecule has 1 saturated heterocycles. The van der Waals surface area contributed by atoms with Crippen LogP contribution in [0.4, 0.5) is 18.9 Å². The van der Waals surface area contributed by atoms with Gasteiger partial charge in [-0.1, -0.05) is 11.2 Å². The van der Waals surface area contributed by atoms with Gasteiger partial charge in [-0.2, -0.15) is 13.2 Å². The highest BCUT2D eigenvalue weighted by Crippen LogP contribution is 2.30. The van der Waals surface area contributed by atoms with Crippen LogP contribution in [-0.4, -0.2) is 50.6 Å². The van der Waals surface area contributed by atoms with Crippen LogP contribution >= 0.6 is 0 Å². The predicted molar refractivity (Wildman–Crippen MR) is 89.7 cm³/mol. The van der Waals surface area contributed by atoms with Crippen molar-refractivity contribution in [1.29, 1.82) is 0 Å². The van der Waals surface area contributed by atoms with E-state index in [2.05, 4.69) is 20.6 Å². The molecule has 1 aliphatic rings. The Morgan fingerprint density at radius 1 is 1.33 bits per heavy atom. The second-order valence-electron chi connectivity index (χ2n) is 5.74. The maximum absolute atomic E-state index is 12.6. The summed E-state index contributed by atoms with van der Waals surface area (Å²) in [6.45, 7) is -0.538. The molecule has 1 aromatic rings. The zero-order valence-electron chi connectivity index (χ0n) is 13.8. The third kappa shape index (κ3) is 6.89. The van der Waals surface area contributed by atoms with Crippen molar-refractivity contribution in [3.05, 3.63) is 29.8 Å². The fraction of sp³-hybridized carbons (Fsp3) is 0.400. The van der Waals surface area contributed by atoms with Crippen LogP contribution in [0.3, 0.4) is 0 Å². The quantitative estimate of drug-likeness (QED) is 0.538. The number of anilines is 1. The lowest BCUT2D eigenvalue weighted by molar-refractivity contribution is -0.137. The van der Waals surface area contributed by atoms with Crippen LogP contribution in [0.2, 0.25) is 0 Å². The molecule has 1 aliphatic heterocycles. The minimum absolute atomic E-state index is 0.00661. The number of amides is 2. The molecular formula is C15H16F3N3O5S. The predicted octanol–water partition coefficient (Wildman–Crippen LogP) is 0.950. The van der Waals surface area contributed by atoms with Crippen LogP contribution in [0, 0.1) is 0 Å². The summed E-state index contributed by atoms with van der Waals surface area (Å²) in [5.74, 6) is -1.59. The van der Waals surface area contributed by atoms with Gasteiger partial charge >= 0.3 is 6.18 Å². The molecule has 1 fully saturated rings. The lowest BCUT2D eigenvalue weighted by Gasteiger charge is -2.09. The Hall–Kier alpha value is -2.63. The third-order valence-electron chi connectivity index (χ3n) is 3.50. The van der Waals surface area contributed by atoms with E-state index in [0.29, 0.717) is 12.6 Å². The number of carbonyl (C=O) groups excluding carboxylic acids is 2. The fourth-order valence-electron chi connectivity index (χ4n) is 2.31. The van der Waals surface area contributed by atoms with E-state index >= 15 is 0 Å². The number of rotatable bonds is 6. The van der Waals surface area contributed by atoms with Gasteiger partial charge in [-0.15, -0.1) is 0 Å².